The molecule has 0 saturated heterocycles. The van der Waals surface area contributed by atoms with Crippen LogP contribution in [0.4, 0.5) is 0 Å². The van der Waals surface area contributed by atoms with Gasteiger partial charge in [-0.1, -0.05) is 0 Å². The molecule has 2 N–H and O–H groups in total. The van der Waals surface area contributed by atoms with Gasteiger partial charge in [-0.05, 0) is 43.3 Å². The SMILES string of the molecule is COc1ccc(OC)c(S(=O)(=O)NNC(=O)[C@H](C)Oc2ccc(C#N)cc2)c1. The third-order valence-electron chi connectivity index (χ3n) is 3.63. The van der Waals surface area contributed by atoms with Crippen molar-refractivity contribution in [2.45, 2.75) is 17.9 Å². The van der Waals surface area contributed by atoms with Crippen molar-refractivity contribution in [3.8, 4) is 23.3 Å². The highest BCUT2D eigenvalue weighted by Crippen LogP contribution is 2.27. The number of sulfonamides is 1. The van der Waals surface area contributed by atoms with Crippen LogP contribution in [0.1, 0.15) is 12.5 Å². The normalized spacial score (nSPS) is 11.8. The number of hydrazine groups is 1. The summed E-state index contributed by atoms with van der Waals surface area (Å²) in [5.41, 5.74) is 2.55. The van der Waals surface area contributed by atoms with Crippen LogP contribution >= 0.6 is 0 Å². The van der Waals surface area contributed by atoms with E-state index in [0.29, 0.717) is 17.1 Å². The number of ether oxygens (including phenoxy) is 3. The van der Waals surface area contributed by atoms with Crippen molar-refractivity contribution in [1.29, 1.82) is 5.26 Å². The fraction of sp³-hybridized carbons (Fsp3) is 0.222. The molecule has 2 aromatic rings. The van der Waals surface area contributed by atoms with Gasteiger partial charge in [0.15, 0.2) is 6.10 Å². The first-order valence-electron chi connectivity index (χ1n) is 8.01. The molecular formula is C18H19N3O6S. The van der Waals surface area contributed by atoms with Crippen molar-refractivity contribution < 1.29 is 27.4 Å². The maximum absolute atomic E-state index is 12.5. The highest BCUT2D eigenvalue weighted by molar-refractivity contribution is 7.89. The van der Waals surface area contributed by atoms with E-state index in [1.807, 2.05) is 10.9 Å². The molecule has 0 aliphatic rings. The molecule has 9 nitrogen and oxygen atoms in total. The van der Waals surface area contributed by atoms with Crippen LogP contribution in [0.25, 0.3) is 0 Å². The minimum absolute atomic E-state index is 0.0874. The summed E-state index contributed by atoms with van der Waals surface area (Å²) >= 11 is 0. The molecule has 0 aromatic heterocycles. The van der Waals surface area contributed by atoms with E-state index in [0.717, 1.165) is 0 Å². The van der Waals surface area contributed by atoms with Crippen LogP contribution in [0.2, 0.25) is 0 Å². The van der Waals surface area contributed by atoms with E-state index in [-0.39, 0.29) is 10.6 Å². The number of methoxy groups -OCH3 is 2. The van der Waals surface area contributed by atoms with Crippen LogP contribution in [0.3, 0.4) is 0 Å². The van der Waals surface area contributed by atoms with Crippen molar-refractivity contribution in [3.63, 3.8) is 0 Å². The first-order valence-corrected chi connectivity index (χ1v) is 9.49. The highest BCUT2D eigenvalue weighted by Gasteiger charge is 2.23. The van der Waals surface area contributed by atoms with Crippen molar-refractivity contribution in [2.75, 3.05) is 14.2 Å². The average Bonchev–Trinajstić information content (AvgIpc) is 2.72. The van der Waals surface area contributed by atoms with E-state index in [2.05, 4.69) is 5.43 Å². The molecule has 0 heterocycles. The van der Waals surface area contributed by atoms with Crippen LogP contribution in [0.15, 0.2) is 47.4 Å². The predicted octanol–water partition coefficient (Wildman–Crippen LogP) is 1.35. The molecule has 10 heteroatoms. The van der Waals surface area contributed by atoms with E-state index in [1.54, 1.807) is 6.07 Å². The van der Waals surface area contributed by atoms with Gasteiger partial charge in [0.05, 0.1) is 25.9 Å². The topological polar surface area (TPSA) is 127 Å². The van der Waals surface area contributed by atoms with Crippen molar-refractivity contribution in [2.24, 2.45) is 0 Å². The van der Waals surface area contributed by atoms with Crippen LogP contribution < -0.4 is 24.5 Å². The number of amides is 1. The molecule has 2 aromatic carbocycles. The van der Waals surface area contributed by atoms with Gasteiger partial charge in [0.25, 0.3) is 15.9 Å². The standard InChI is InChI=1S/C18H19N3O6S/c1-12(27-14-6-4-13(11-19)5-7-14)18(22)20-21-28(23,24)17-10-15(25-2)8-9-16(17)26-3/h4-10,12,21H,1-3H3,(H,20,22)/t12-/m0/s1. The van der Waals surface area contributed by atoms with Gasteiger partial charge < -0.3 is 14.2 Å². The van der Waals surface area contributed by atoms with E-state index in [9.17, 15) is 13.2 Å². The Balaban J connectivity index is 2.05. The monoisotopic (exact) mass is 405 g/mol. The van der Waals surface area contributed by atoms with Gasteiger partial charge in [-0.2, -0.15) is 5.26 Å². The molecule has 1 amide bonds. The second-order valence-electron chi connectivity index (χ2n) is 5.51. The van der Waals surface area contributed by atoms with E-state index < -0.39 is 22.0 Å². The van der Waals surface area contributed by atoms with Crippen molar-refractivity contribution in [1.82, 2.24) is 10.3 Å². The number of hydrogen-bond acceptors (Lipinski definition) is 7. The third kappa shape index (κ3) is 5.12. The van der Waals surface area contributed by atoms with E-state index in [1.165, 1.54) is 57.5 Å². The Bertz CT molecular complexity index is 983. The van der Waals surface area contributed by atoms with Crippen molar-refractivity contribution in [3.05, 3.63) is 48.0 Å². The number of nitrogens with one attached hydrogen (secondary N) is 2. The lowest BCUT2D eigenvalue weighted by Gasteiger charge is -2.16. The summed E-state index contributed by atoms with van der Waals surface area (Å²) in [7, 11) is -1.40. The van der Waals surface area contributed by atoms with E-state index >= 15 is 0 Å². The number of benzene rings is 2. The van der Waals surface area contributed by atoms with Gasteiger partial charge in [-0.15, -0.1) is 4.83 Å². The second kappa shape index (κ2) is 9.07. The number of carbonyl (C=O) groups is 1. The highest BCUT2D eigenvalue weighted by atomic mass is 32.2. The average molecular weight is 405 g/mol. The minimum atomic E-state index is -4.12. The molecule has 0 bridgehead atoms. The molecule has 1 atom stereocenters. The molecule has 0 aliphatic heterocycles. The summed E-state index contributed by atoms with van der Waals surface area (Å²) in [6.45, 7) is 1.45. The summed E-state index contributed by atoms with van der Waals surface area (Å²) in [6, 6.07) is 12.4. The fourth-order valence-electron chi connectivity index (χ4n) is 2.13. The zero-order valence-corrected chi connectivity index (χ0v) is 16.2. The van der Waals surface area contributed by atoms with Gasteiger partial charge in [0.1, 0.15) is 22.1 Å². The molecule has 0 unspecified atom stereocenters. The lowest BCUT2D eigenvalue weighted by Crippen LogP contribution is -2.47. The molecule has 28 heavy (non-hydrogen) atoms. The van der Waals surface area contributed by atoms with E-state index in [4.69, 9.17) is 19.5 Å². The van der Waals surface area contributed by atoms with Crippen molar-refractivity contribution >= 4 is 15.9 Å². The Labute approximate surface area is 162 Å². The Hall–Kier alpha value is -3.29. The number of rotatable bonds is 8. The Morgan fingerprint density at radius 1 is 1.07 bits per heavy atom. The number of hydrogen-bond donors (Lipinski definition) is 2. The zero-order valence-electron chi connectivity index (χ0n) is 15.4. The summed E-state index contributed by atoms with van der Waals surface area (Å²) < 4.78 is 40.5. The number of nitrogens with zero attached hydrogens (tertiary/aromatic N) is 1. The van der Waals surface area contributed by atoms with Crippen LogP contribution in [0.5, 0.6) is 17.2 Å². The van der Waals surface area contributed by atoms with Gasteiger partial charge >= 0.3 is 0 Å². The predicted molar refractivity (Wildman–Crippen MR) is 99.3 cm³/mol. The zero-order chi connectivity index (χ0) is 20.7. The quantitative estimate of drug-likeness (QED) is 0.635. The van der Waals surface area contributed by atoms with Gasteiger partial charge in [-0.3, -0.25) is 10.2 Å². The maximum Gasteiger partial charge on any atom is 0.275 e. The smallest absolute Gasteiger partial charge is 0.275 e. The third-order valence-corrected chi connectivity index (χ3v) is 4.90. The summed E-state index contributed by atoms with van der Waals surface area (Å²) in [6.07, 6.45) is -0.997. The Kier molecular flexibility index (Phi) is 6.81. The number of nitriles is 1. The minimum Gasteiger partial charge on any atom is -0.497 e. The molecule has 0 radical (unpaired) electrons. The van der Waals surface area contributed by atoms with Crippen LogP contribution in [-0.2, 0) is 14.8 Å². The summed E-state index contributed by atoms with van der Waals surface area (Å²) in [5, 5.41) is 8.77. The van der Waals surface area contributed by atoms with Crippen LogP contribution in [0, 0.1) is 11.3 Å². The molecule has 0 aliphatic carbocycles. The number of carbonyl (C=O) groups excluding carboxylic acids is 1. The Morgan fingerprint density at radius 2 is 1.71 bits per heavy atom. The lowest BCUT2D eigenvalue weighted by molar-refractivity contribution is -0.127. The molecular weight excluding hydrogens is 386 g/mol. The second-order valence-corrected chi connectivity index (χ2v) is 7.16. The van der Waals surface area contributed by atoms with Crippen LogP contribution in [-0.4, -0.2) is 34.6 Å². The van der Waals surface area contributed by atoms with Gasteiger partial charge in [-0.25, -0.2) is 8.42 Å². The van der Waals surface area contributed by atoms with Gasteiger partial charge in [0.2, 0.25) is 0 Å². The van der Waals surface area contributed by atoms with Gasteiger partial charge in [0, 0.05) is 6.07 Å². The Morgan fingerprint density at radius 3 is 2.29 bits per heavy atom. The largest absolute Gasteiger partial charge is 0.497 e. The molecule has 0 saturated carbocycles. The lowest BCUT2D eigenvalue weighted by atomic mass is 10.2. The fourth-order valence-corrected chi connectivity index (χ4v) is 3.17. The molecule has 2 rings (SSSR count). The first kappa shape index (κ1) is 21.0. The molecule has 0 spiro atoms. The summed E-state index contributed by atoms with van der Waals surface area (Å²) in [5.74, 6) is 0.0446. The molecule has 0 fully saturated rings. The molecule has 148 valence electrons. The first-order chi connectivity index (χ1) is 13.3. The summed E-state index contributed by atoms with van der Waals surface area (Å²) in [4.78, 5) is 14.0. The maximum atomic E-state index is 12.5.